The van der Waals surface area contributed by atoms with Crippen LogP contribution in [0.1, 0.15) is 25.8 Å². The van der Waals surface area contributed by atoms with Crippen LogP contribution in [0.3, 0.4) is 0 Å². The number of nitrogens with two attached hydrogens (primary N) is 1. The Morgan fingerprint density at radius 1 is 1.45 bits per heavy atom. The van der Waals surface area contributed by atoms with E-state index in [2.05, 4.69) is 43.0 Å². The van der Waals surface area contributed by atoms with Crippen molar-refractivity contribution in [3.05, 3.63) is 29.8 Å². The van der Waals surface area contributed by atoms with Gasteiger partial charge in [0.1, 0.15) is 0 Å². The average molecular weight is 291 g/mol. The predicted molar refractivity (Wildman–Crippen MR) is 87.6 cm³/mol. The van der Waals surface area contributed by atoms with E-state index in [9.17, 15) is 0 Å². The number of nitrogens with one attached hydrogen (secondary N) is 1. The summed E-state index contributed by atoms with van der Waals surface area (Å²) in [7, 11) is 0. The minimum Gasteiger partial charge on any atom is -0.388 e. The second-order valence-electron chi connectivity index (χ2n) is 5.98. The molecular formula is C16H25N3S. The van der Waals surface area contributed by atoms with Gasteiger partial charge in [-0.25, -0.2) is 0 Å². The first kappa shape index (κ1) is 15.4. The molecule has 1 unspecified atom stereocenters. The third kappa shape index (κ3) is 4.53. The molecule has 1 aliphatic rings. The number of benzene rings is 1. The predicted octanol–water partition coefficient (Wildman–Crippen LogP) is 2.99. The average Bonchev–Trinajstić information content (AvgIpc) is 2.77. The fraction of sp³-hybridized carbons (Fsp3) is 0.562. The van der Waals surface area contributed by atoms with E-state index in [1.807, 2.05) is 11.8 Å². The molecule has 0 aromatic heterocycles. The SMILES string of the molecule is CC(C)CN(CCC(=N)N)CC1Cc2ccccc2S1. The molecule has 0 spiro atoms. The monoisotopic (exact) mass is 291 g/mol. The zero-order valence-corrected chi connectivity index (χ0v) is 13.2. The maximum atomic E-state index is 7.41. The summed E-state index contributed by atoms with van der Waals surface area (Å²) in [5.41, 5.74) is 6.98. The highest BCUT2D eigenvalue weighted by molar-refractivity contribution is 8.00. The van der Waals surface area contributed by atoms with Crippen LogP contribution in [0.15, 0.2) is 29.2 Å². The van der Waals surface area contributed by atoms with Crippen LogP contribution >= 0.6 is 11.8 Å². The Morgan fingerprint density at radius 3 is 2.85 bits per heavy atom. The van der Waals surface area contributed by atoms with Gasteiger partial charge in [-0.05, 0) is 24.0 Å². The first-order valence-electron chi connectivity index (χ1n) is 7.34. The lowest BCUT2D eigenvalue weighted by atomic mass is 10.1. The van der Waals surface area contributed by atoms with E-state index in [4.69, 9.17) is 11.1 Å². The first-order chi connectivity index (χ1) is 9.54. The van der Waals surface area contributed by atoms with Gasteiger partial charge in [0, 0.05) is 36.2 Å². The van der Waals surface area contributed by atoms with Crippen molar-refractivity contribution >= 4 is 17.6 Å². The second-order valence-corrected chi connectivity index (χ2v) is 7.32. The highest BCUT2D eigenvalue weighted by Crippen LogP contribution is 2.37. The summed E-state index contributed by atoms with van der Waals surface area (Å²) in [5, 5.41) is 8.04. The summed E-state index contributed by atoms with van der Waals surface area (Å²) in [6.45, 7) is 7.57. The third-order valence-corrected chi connectivity index (χ3v) is 4.80. The van der Waals surface area contributed by atoms with E-state index in [1.165, 1.54) is 10.5 Å². The van der Waals surface area contributed by atoms with Crippen LogP contribution in [0.4, 0.5) is 0 Å². The fourth-order valence-corrected chi connectivity index (χ4v) is 4.06. The van der Waals surface area contributed by atoms with Crippen molar-refractivity contribution < 1.29 is 0 Å². The molecule has 0 fully saturated rings. The number of amidine groups is 1. The number of hydrogen-bond donors (Lipinski definition) is 2. The van der Waals surface area contributed by atoms with E-state index < -0.39 is 0 Å². The Bertz CT molecular complexity index is 434. The molecule has 1 atom stereocenters. The van der Waals surface area contributed by atoms with Gasteiger partial charge in [0.05, 0.1) is 5.84 Å². The molecule has 1 aliphatic heterocycles. The van der Waals surface area contributed by atoms with Gasteiger partial charge in [-0.3, -0.25) is 5.41 Å². The van der Waals surface area contributed by atoms with Crippen molar-refractivity contribution in [3.63, 3.8) is 0 Å². The maximum Gasteiger partial charge on any atom is 0.0918 e. The van der Waals surface area contributed by atoms with E-state index in [1.54, 1.807) is 0 Å². The number of hydrogen-bond acceptors (Lipinski definition) is 3. The van der Waals surface area contributed by atoms with Crippen molar-refractivity contribution in [2.75, 3.05) is 19.6 Å². The molecule has 4 heteroatoms. The molecule has 0 bridgehead atoms. The standard InChI is InChI=1S/C16H25N3S/c1-12(2)10-19(8-7-16(17)18)11-14-9-13-5-3-4-6-15(13)20-14/h3-6,12,14H,7-11H2,1-2H3,(H3,17,18). The van der Waals surface area contributed by atoms with Crippen molar-refractivity contribution in [3.8, 4) is 0 Å². The molecule has 2 rings (SSSR count). The summed E-state index contributed by atoms with van der Waals surface area (Å²) < 4.78 is 0. The Balaban J connectivity index is 1.90. The lowest BCUT2D eigenvalue weighted by molar-refractivity contribution is 0.251. The molecule has 1 aromatic carbocycles. The summed E-state index contributed by atoms with van der Waals surface area (Å²) in [6.07, 6.45) is 1.84. The molecule has 0 radical (unpaired) electrons. The molecule has 0 saturated carbocycles. The highest BCUT2D eigenvalue weighted by atomic mass is 32.2. The zero-order valence-electron chi connectivity index (χ0n) is 12.4. The topological polar surface area (TPSA) is 53.1 Å². The lowest BCUT2D eigenvalue weighted by Gasteiger charge is -2.26. The number of thioether (sulfide) groups is 1. The van der Waals surface area contributed by atoms with Crippen molar-refractivity contribution in [1.29, 1.82) is 5.41 Å². The van der Waals surface area contributed by atoms with Crippen LogP contribution in [-0.2, 0) is 6.42 Å². The van der Waals surface area contributed by atoms with E-state index >= 15 is 0 Å². The van der Waals surface area contributed by atoms with Crippen molar-refractivity contribution in [2.45, 2.75) is 36.8 Å². The van der Waals surface area contributed by atoms with Gasteiger partial charge in [-0.15, -0.1) is 11.8 Å². The summed E-state index contributed by atoms with van der Waals surface area (Å²) >= 11 is 2.00. The van der Waals surface area contributed by atoms with E-state index in [0.29, 0.717) is 23.4 Å². The van der Waals surface area contributed by atoms with E-state index in [-0.39, 0.29) is 0 Å². The molecule has 3 nitrogen and oxygen atoms in total. The molecule has 1 aromatic rings. The molecule has 3 N–H and O–H groups in total. The van der Waals surface area contributed by atoms with Crippen LogP contribution in [0.2, 0.25) is 0 Å². The molecule has 0 aliphatic carbocycles. The Labute approximate surface area is 126 Å². The Kier molecular flexibility index (Phi) is 5.49. The smallest absolute Gasteiger partial charge is 0.0918 e. The zero-order chi connectivity index (χ0) is 14.5. The minimum atomic E-state index is 0.293. The highest BCUT2D eigenvalue weighted by Gasteiger charge is 2.24. The number of rotatable bonds is 7. The number of fused-ring (bicyclic) bond motifs is 1. The van der Waals surface area contributed by atoms with Crippen LogP contribution in [0.25, 0.3) is 0 Å². The lowest BCUT2D eigenvalue weighted by Crippen LogP contribution is -2.36. The van der Waals surface area contributed by atoms with Gasteiger partial charge in [-0.2, -0.15) is 0 Å². The molecular weight excluding hydrogens is 266 g/mol. The van der Waals surface area contributed by atoms with E-state index in [0.717, 1.165) is 26.1 Å². The number of nitrogens with zero attached hydrogens (tertiary/aromatic N) is 1. The van der Waals surface area contributed by atoms with Gasteiger partial charge < -0.3 is 10.6 Å². The first-order valence-corrected chi connectivity index (χ1v) is 8.22. The van der Waals surface area contributed by atoms with Crippen LogP contribution in [0, 0.1) is 11.3 Å². The third-order valence-electron chi connectivity index (χ3n) is 3.50. The molecule has 0 saturated heterocycles. The van der Waals surface area contributed by atoms with Crippen molar-refractivity contribution in [1.82, 2.24) is 4.90 Å². The van der Waals surface area contributed by atoms with Gasteiger partial charge in [0.15, 0.2) is 0 Å². The molecule has 110 valence electrons. The van der Waals surface area contributed by atoms with Gasteiger partial charge in [-0.1, -0.05) is 32.0 Å². The van der Waals surface area contributed by atoms with Crippen LogP contribution in [0.5, 0.6) is 0 Å². The molecule has 1 heterocycles. The molecule has 20 heavy (non-hydrogen) atoms. The fourth-order valence-electron chi connectivity index (χ4n) is 2.70. The summed E-state index contributed by atoms with van der Waals surface area (Å²) in [6, 6.07) is 8.71. The van der Waals surface area contributed by atoms with Gasteiger partial charge in [0.2, 0.25) is 0 Å². The summed E-state index contributed by atoms with van der Waals surface area (Å²) in [5.74, 6) is 0.942. The Hall–Kier alpha value is -1.00. The van der Waals surface area contributed by atoms with Crippen LogP contribution in [-0.4, -0.2) is 35.6 Å². The van der Waals surface area contributed by atoms with Crippen LogP contribution < -0.4 is 5.73 Å². The minimum absolute atomic E-state index is 0.293. The maximum absolute atomic E-state index is 7.41. The van der Waals surface area contributed by atoms with Gasteiger partial charge in [0.25, 0.3) is 0 Å². The summed E-state index contributed by atoms with van der Waals surface area (Å²) in [4.78, 5) is 3.91. The van der Waals surface area contributed by atoms with Gasteiger partial charge >= 0.3 is 0 Å². The second kappa shape index (κ2) is 7.14. The Morgan fingerprint density at radius 2 is 2.20 bits per heavy atom. The van der Waals surface area contributed by atoms with Crippen molar-refractivity contribution in [2.24, 2.45) is 11.7 Å². The largest absolute Gasteiger partial charge is 0.388 e. The molecule has 0 amide bonds. The normalized spacial score (nSPS) is 17.7. The quantitative estimate of drug-likeness (QED) is 0.600.